The summed E-state index contributed by atoms with van der Waals surface area (Å²) in [7, 11) is 0. The topological polar surface area (TPSA) is 44.5 Å². The third-order valence-electron chi connectivity index (χ3n) is 2.75. The van der Waals surface area contributed by atoms with Gasteiger partial charge in [0.2, 0.25) is 0 Å². The highest BCUT2D eigenvalue weighted by Crippen LogP contribution is 2.31. The molecule has 15 heavy (non-hydrogen) atoms. The molecule has 0 radical (unpaired) electrons. The molecular formula is C12H17NO2. The van der Waals surface area contributed by atoms with Crippen LogP contribution in [-0.4, -0.2) is 13.4 Å². The molecule has 0 bridgehead atoms. The van der Waals surface area contributed by atoms with Crippen LogP contribution in [0.15, 0.2) is 18.2 Å². The minimum Gasteiger partial charge on any atom is -0.468 e. The van der Waals surface area contributed by atoms with E-state index in [9.17, 15) is 0 Å². The van der Waals surface area contributed by atoms with Gasteiger partial charge in [0, 0.05) is 12.6 Å². The lowest BCUT2D eigenvalue weighted by molar-refractivity contribution is 0.0224. The molecule has 0 saturated carbocycles. The second kappa shape index (κ2) is 4.64. The van der Waals surface area contributed by atoms with Crippen LogP contribution < -0.4 is 10.5 Å². The summed E-state index contributed by atoms with van der Waals surface area (Å²) in [5.41, 5.74) is 8.53. The minimum absolute atomic E-state index is 0.209. The molecule has 0 spiro atoms. The van der Waals surface area contributed by atoms with Crippen LogP contribution in [0.25, 0.3) is 0 Å². The zero-order valence-electron chi connectivity index (χ0n) is 9.03. The van der Waals surface area contributed by atoms with Gasteiger partial charge >= 0.3 is 0 Å². The Kier molecular flexibility index (Phi) is 3.23. The average molecular weight is 207 g/mol. The van der Waals surface area contributed by atoms with Crippen LogP contribution in [0.2, 0.25) is 0 Å². The fraction of sp³-hybridized carbons (Fsp3) is 0.500. The van der Waals surface area contributed by atoms with Crippen molar-refractivity contribution in [3.05, 3.63) is 29.3 Å². The molecular weight excluding hydrogens is 190 g/mol. The first kappa shape index (κ1) is 10.5. The molecule has 3 nitrogen and oxygen atoms in total. The summed E-state index contributed by atoms with van der Waals surface area (Å²) >= 11 is 0. The Morgan fingerprint density at radius 1 is 1.47 bits per heavy atom. The molecule has 0 aliphatic heterocycles. The lowest BCUT2D eigenvalue weighted by Crippen LogP contribution is -2.05. The maximum atomic E-state index is 5.95. The van der Waals surface area contributed by atoms with E-state index in [1.54, 1.807) is 0 Å². The number of aryl methyl sites for hydroxylation is 1. The number of ether oxygens (including phenoxy) is 2. The fourth-order valence-corrected chi connectivity index (χ4v) is 1.91. The molecule has 1 unspecified atom stereocenters. The van der Waals surface area contributed by atoms with Crippen molar-refractivity contribution in [1.29, 1.82) is 0 Å². The molecule has 1 aliphatic carbocycles. The van der Waals surface area contributed by atoms with Crippen LogP contribution in [0.1, 0.15) is 30.5 Å². The molecule has 0 heterocycles. The number of fused-ring (bicyclic) bond motifs is 1. The summed E-state index contributed by atoms with van der Waals surface area (Å²) < 4.78 is 10.6. The number of hydrogen-bond acceptors (Lipinski definition) is 3. The van der Waals surface area contributed by atoms with Gasteiger partial charge in [-0.2, -0.15) is 0 Å². The Morgan fingerprint density at radius 3 is 3.13 bits per heavy atom. The first-order valence-corrected chi connectivity index (χ1v) is 5.40. The van der Waals surface area contributed by atoms with Crippen molar-refractivity contribution < 1.29 is 9.47 Å². The minimum atomic E-state index is 0.209. The van der Waals surface area contributed by atoms with E-state index in [-0.39, 0.29) is 6.04 Å². The van der Waals surface area contributed by atoms with E-state index in [2.05, 4.69) is 12.1 Å². The van der Waals surface area contributed by atoms with Crippen LogP contribution in [0.3, 0.4) is 0 Å². The van der Waals surface area contributed by atoms with Gasteiger partial charge in [0.1, 0.15) is 5.75 Å². The van der Waals surface area contributed by atoms with Gasteiger partial charge in [-0.05, 0) is 43.0 Å². The Bertz CT molecular complexity index is 338. The second-order valence-corrected chi connectivity index (χ2v) is 3.76. The fourth-order valence-electron chi connectivity index (χ4n) is 1.91. The maximum Gasteiger partial charge on any atom is 0.189 e. The van der Waals surface area contributed by atoms with Crippen LogP contribution in [0.5, 0.6) is 5.75 Å². The monoisotopic (exact) mass is 207 g/mol. The molecule has 0 aromatic heterocycles. The van der Waals surface area contributed by atoms with Gasteiger partial charge in [0.05, 0.1) is 0 Å². The highest BCUT2D eigenvalue weighted by atomic mass is 16.7. The summed E-state index contributed by atoms with van der Waals surface area (Å²) in [5.74, 6) is 0.872. The van der Waals surface area contributed by atoms with Crippen LogP contribution in [-0.2, 0) is 11.2 Å². The van der Waals surface area contributed by atoms with E-state index in [4.69, 9.17) is 15.2 Å². The van der Waals surface area contributed by atoms with E-state index >= 15 is 0 Å². The van der Waals surface area contributed by atoms with E-state index < -0.39 is 0 Å². The third-order valence-corrected chi connectivity index (χ3v) is 2.75. The highest BCUT2D eigenvalue weighted by molar-refractivity contribution is 5.40. The molecule has 2 N–H and O–H groups in total. The van der Waals surface area contributed by atoms with Gasteiger partial charge in [0.15, 0.2) is 6.79 Å². The molecule has 2 rings (SSSR count). The van der Waals surface area contributed by atoms with Crippen molar-refractivity contribution in [2.24, 2.45) is 5.73 Å². The zero-order valence-corrected chi connectivity index (χ0v) is 9.03. The molecule has 3 heteroatoms. The van der Waals surface area contributed by atoms with Crippen molar-refractivity contribution in [2.75, 3.05) is 13.4 Å². The zero-order chi connectivity index (χ0) is 10.7. The SMILES string of the molecule is CCOCOc1ccc2c(c1)CCC2N. The Labute approximate surface area is 90.2 Å². The molecule has 0 fully saturated rings. The van der Waals surface area contributed by atoms with Gasteiger partial charge in [-0.1, -0.05) is 6.07 Å². The summed E-state index contributed by atoms with van der Waals surface area (Å²) in [6, 6.07) is 6.30. The maximum absolute atomic E-state index is 5.95. The molecule has 1 aromatic rings. The van der Waals surface area contributed by atoms with Crippen LogP contribution >= 0.6 is 0 Å². The second-order valence-electron chi connectivity index (χ2n) is 3.76. The predicted molar refractivity (Wildman–Crippen MR) is 58.8 cm³/mol. The lowest BCUT2D eigenvalue weighted by Gasteiger charge is -2.08. The van der Waals surface area contributed by atoms with Gasteiger partial charge in [0.25, 0.3) is 0 Å². The Hall–Kier alpha value is -1.06. The standard InChI is InChI=1S/C12H17NO2/c1-2-14-8-15-10-4-5-11-9(7-10)3-6-12(11)13/h4-5,7,12H,2-3,6,8,13H2,1H3. The highest BCUT2D eigenvalue weighted by Gasteiger charge is 2.18. The molecule has 0 amide bonds. The summed E-state index contributed by atoms with van der Waals surface area (Å²) in [4.78, 5) is 0. The summed E-state index contributed by atoms with van der Waals surface area (Å²) in [6.07, 6.45) is 2.10. The Balaban J connectivity index is 2.03. The third kappa shape index (κ3) is 2.30. The smallest absolute Gasteiger partial charge is 0.189 e. The van der Waals surface area contributed by atoms with Crippen LogP contribution in [0, 0.1) is 0 Å². The number of benzene rings is 1. The molecule has 1 atom stereocenters. The van der Waals surface area contributed by atoms with Gasteiger partial charge < -0.3 is 15.2 Å². The lowest BCUT2D eigenvalue weighted by atomic mass is 10.1. The number of nitrogens with two attached hydrogens (primary N) is 1. The number of rotatable bonds is 4. The van der Waals surface area contributed by atoms with Crippen molar-refractivity contribution >= 4 is 0 Å². The largest absolute Gasteiger partial charge is 0.468 e. The average Bonchev–Trinajstić information content (AvgIpc) is 2.61. The van der Waals surface area contributed by atoms with E-state index in [0.717, 1.165) is 18.6 Å². The van der Waals surface area contributed by atoms with Crippen molar-refractivity contribution in [3.63, 3.8) is 0 Å². The van der Waals surface area contributed by atoms with Crippen molar-refractivity contribution in [2.45, 2.75) is 25.8 Å². The predicted octanol–water partition coefficient (Wildman–Crippen LogP) is 2.01. The van der Waals surface area contributed by atoms with E-state index in [1.165, 1.54) is 11.1 Å². The normalized spacial score (nSPS) is 18.9. The Morgan fingerprint density at radius 2 is 2.33 bits per heavy atom. The van der Waals surface area contributed by atoms with Gasteiger partial charge in [-0.15, -0.1) is 0 Å². The molecule has 1 aromatic carbocycles. The summed E-state index contributed by atoms with van der Waals surface area (Å²) in [6.45, 7) is 2.95. The number of hydrogen-bond donors (Lipinski definition) is 1. The molecule has 1 aliphatic rings. The first-order valence-electron chi connectivity index (χ1n) is 5.40. The van der Waals surface area contributed by atoms with Gasteiger partial charge in [-0.3, -0.25) is 0 Å². The molecule has 82 valence electrons. The quantitative estimate of drug-likeness (QED) is 0.606. The first-order chi connectivity index (χ1) is 7.31. The van der Waals surface area contributed by atoms with Crippen LogP contribution in [0.4, 0.5) is 0 Å². The van der Waals surface area contributed by atoms with E-state index in [0.29, 0.717) is 13.4 Å². The summed E-state index contributed by atoms with van der Waals surface area (Å²) in [5, 5.41) is 0. The van der Waals surface area contributed by atoms with E-state index in [1.807, 2.05) is 13.0 Å². The van der Waals surface area contributed by atoms with Gasteiger partial charge in [-0.25, -0.2) is 0 Å². The molecule has 0 saturated heterocycles. The van der Waals surface area contributed by atoms with Crippen molar-refractivity contribution in [1.82, 2.24) is 0 Å². The van der Waals surface area contributed by atoms with Crippen molar-refractivity contribution in [3.8, 4) is 5.75 Å².